The third-order valence-electron chi connectivity index (χ3n) is 0.959. The lowest BCUT2D eigenvalue weighted by molar-refractivity contribution is 0.0448. The molecule has 3 heteroatoms. The lowest BCUT2D eigenvalue weighted by Gasteiger charge is -2.09. The van der Waals surface area contributed by atoms with Crippen molar-refractivity contribution in [2.75, 3.05) is 13.2 Å². The second kappa shape index (κ2) is 5.35. The van der Waals surface area contributed by atoms with Crippen LogP contribution in [0.2, 0.25) is 0 Å². The molecule has 0 saturated carbocycles. The third kappa shape index (κ3) is 3.56. The van der Waals surface area contributed by atoms with E-state index < -0.39 is 0 Å². The van der Waals surface area contributed by atoms with Gasteiger partial charge in [-0.3, -0.25) is 0 Å². The summed E-state index contributed by atoms with van der Waals surface area (Å²) in [6, 6.07) is 0. The average molecular weight is 160 g/mol. The Bertz CT molecular complexity index is 109. The highest BCUT2D eigenvalue weighted by molar-refractivity contribution is 6.21. The predicted molar refractivity (Wildman–Crippen MR) is 45.9 cm³/mol. The maximum Gasteiger partial charge on any atom is 0.272 e. The zero-order valence-electron chi connectivity index (χ0n) is 7.23. The van der Waals surface area contributed by atoms with Gasteiger partial charge in [-0.25, -0.2) is 0 Å². The summed E-state index contributed by atoms with van der Waals surface area (Å²) in [6.45, 7) is 7.34. The summed E-state index contributed by atoms with van der Waals surface area (Å²) in [4.78, 5) is 0. The van der Waals surface area contributed by atoms with Crippen LogP contribution in [0.3, 0.4) is 0 Å². The van der Waals surface area contributed by atoms with Crippen molar-refractivity contribution in [2.45, 2.75) is 20.8 Å². The van der Waals surface area contributed by atoms with E-state index in [1.807, 2.05) is 20.8 Å². The van der Waals surface area contributed by atoms with E-state index in [1.54, 1.807) is 0 Å². The highest BCUT2D eigenvalue weighted by atomic mass is 28.1. The van der Waals surface area contributed by atoms with Gasteiger partial charge in [0, 0.05) is 10.2 Å². The van der Waals surface area contributed by atoms with Crippen molar-refractivity contribution >= 4 is 10.2 Å². The van der Waals surface area contributed by atoms with Crippen LogP contribution in [0, 0.1) is 0 Å². The first-order chi connectivity index (χ1) is 4.72. The van der Waals surface area contributed by atoms with Gasteiger partial charge in [0.05, 0.1) is 13.2 Å². The zero-order chi connectivity index (χ0) is 7.98. The van der Waals surface area contributed by atoms with Crippen molar-refractivity contribution in [3.05, 3.63) is 11.1 Å². The van der Waals surface area contributed by atoms with E-state index in [0.29, 0.717) is 13.2 Å². The number of allylic oxidation sites excluding steroid dienone is 1. The standard InChI is InChI=1S/C7H16O2Si/c1-4-8-7(6(3)10)9-5-2/h4-5H2,1-3,10H3. The largest absolute Gasteiger partial charge is 0.466 e. The maximum absolute atomic E-state index is 5.24. The van der Waals surface area contributed by atoms with Gasteiger partial charge in [0.15, 0.2) is 0 Å². The van der Waals surface area contributed by atoms with E-state index in [4.69, 9.17) is 9.47 Å². The van der Waals surface area contributed by atoms with Gasteiger partial charge in [0.1, 0.15) is 0 Å². The molecule has 0 heterocycles. The minimum absolute atomic E-state index is 0.689. The molecule has 60 valence electrons. The van der Waals surface area contributed by atoms with Crippen LogP contribution < -0.4 is 0 Å². The van der Waals surface area contributed by atoms with Gasteiger partial charge in [-0.15, -0.1) is 0 Å². The Morgan fingerprint density at radius 2 is 1.60 bits per heavy atom. The van der Waals surface area contributed by atoms with E-state index in [2.05, 4.69) is 0 Å². The summed E-state index contributed by atoms with van der Waals surface area (Å²) in [7, 11) is 1.01. The maximum atomic E-state index is 5.24. The molecule has 0 aromatic heterocycles. The Hall–Kier alpha value is -0.443. The molecule has 0 N–H and O–H groups in total. The van der Waals surface area contributed by atoms with Crippen LogP contribution in [0.4, 0.5) is 0 Å². The van der Waals surface area contributed by atoms with E-state index in [1.165, 1.54) is 5.20 Å². The normalized spacial score (nSPS) is 9.10. The Labute approximate surface area is 65.6 Å². The molecule has 10 heavy (non-hydrogen) atoms. The number of hydrogen-bond donors (Lipinski definition) is 0. The van der Waals surface area contributed by atoms with Crippen molar-refractivity contribution in [3.8, 4) is 0 Å². The van der Waals surface area contributed by atoms with Gasteiger partial charge in [0.2, 0.25) is 0 Å². The zero-order valence-corrected chi connectivity index (χ0v) is 9.23. The lowest BCUT2D eigenvalue weighted by Crippen LogP contribution is -2.00. The molecule has 0 amide bonds. The van der Waals surface area contributed by atoms with Gasteiger partial charge in [0.25, 0.3) is 5.95 Å². The van der Waals surface area contributed by atoms with Gasteiger partial charge in [-0.05, 0) is 26.0 Å². The van der Waals surface area contributed by atoms with Gasteiger partial charge in [-0.1, -0.05) is 0 Å². The Morgan fingerprint density at radius 3 is 1.80 bits per heavy atom. The van der Waals surface area contributed by atoms with Crippen LogP contribution in [0.1, 0.15) is 20.8 Å². The molecule has 0 saturated heterocycles. The van der Waals surface area contributed by atoms with Crippen LogP contribution in [0.5, 0.6) is 0 Å². The summed E-state index contributed by atoms with van der Waals surface area (Å²) in [5.41, 5.74) is 0. The lowest BCUT2D eigenvalue weighted by atomic mass is 10.6. The average Bonchev–Trinajstić information content (AvgIpc) is 1.87. The first kappa shape index (κ1) is 9.56. The summed E-state index contributed by atoms with van der Waals surface area (Å²) in [5.74, 6) is 0.733. The quantitative estimate of drug-likeness (QED) is 0.443. The molecule has 0 rings (SSSR count). The number of ether oxygens (including phenoxy) is 2. The van der Waals surface area contributed by atoms with Crippen LogP contribution >= 0.6 is 0 Å². The van der Waals surface area contributed by atoms with Gasteiger partial charge >= 0.3 is 0 Å². The fraction of sp³-hybridized carbons (Fsp3) is 0.714. The molecule has 0 radical (unpaired) electrons. The first-order valence-electron chi connectivity index (χ1n) is 3.65. The molecule has 0 aliphatic rings. The van der Waals surface area contributed by atoms with Crippen LogP contribution in [-0.4, -0.2) is 23.5 Å². The summed E-state index contributed by atoms with van der Waals surface area (Å²) in [6.07, 6.45) is 0. The topological polar surface area (TPSA) is 18.5 Å². The van der Waals surface area contributed by atoms with Crippen molar-refractivity contribution in [3.63, 3.8) is 0 Å². The third-order valence-corrected chi connectivity index (χ3v) is 1.37. The van der Waals surface area contributed by atoms with Crippen LogP contribution in [-0.2, 0) is 9.47 Å². The molecule has 0 bridgehead atoms. The molecule has 0 spiro atoms. The molecule has 0 aliphatic carbocycles. The van der Waals surface area contributed by atoms with Crippen molar-refractivity contribution in [1.82, 2.24) is 0 Å². The monoisotopic (exact) mass is 160 g/mol. The van der Waals surface area contributed by atoms with Crippen molar-refractivity contribution in [1.29, 1.82) is 0 Å². The molecule has 0 aromatic carbocycles. The van der Waals surface area contributed by atoms with E-state index in [-0.39, 0.29) is 0 Å². The van der Waals surface area contributed by atoms with Crippen molar-refractivity contribution < 1.29 is 9.47 Å². The molecular formula is C7H16O2Si. The minimum atomic E-state index is 0.689. The summed E-state index contributed by atoms with van der Waals surface area (Å²) in [5, 5.41) is 1.23. The fourth-order valence-electron chi connectivity index (χ4n) is 0.593. The van der Waals surface area contributed by atoms with Crippen LogP contribution in [0.15, 0.2) is 11.1 Å². The fourth-order valence-corrected chi connectivity index (χ4v) is 0.881. The Balaban J connectivity index is 3.86. The van der Waals surface area contributed by atoms with Gasteiger partial charge < -0.3 is 9.47 Å². The Kier molecular flexibility index (Phi) is 5.11. The number of rotatable bonds is 4. The summed E-state index contributed by atoms with van der Waals surface area (Å²) >= 11 is 0. The molecular weight excluding hydrogens is 144 g/mol. The molecule has 0 atom stereocenters. The highest BCUT2D eigenvalue weighted by Crippen LogP contribution is 2.03. The highest BCUT2D eigenvalue weighted by Gasteiger charge is 1.97. The summed E-state index contributed by atoms with van der Waals surface area (Å²) < 4.78 is 10.5. The smallest absolute Gasteiger partial charge is 0.272 e. The first-order valence-corrected chi connectivity index (χ1v) is 4.65. The second-order valence-electron chi connectivity index (χ2n) is 2.15. The van der Waals surface area contributed by atoms with E-state index >= 15 is 0 Å². The van der Waals surface area contributed by atoms with Crippen LogP contribution in [0.25, 0.3) is 0 Å². The molecule has 0 fully saturated rings. The Morgan fingerprint density at radius 1 is 1.20 bits per heavy atom. The molecule has 2 nitrogen and oxygen atoms in total. The second-order valence-corrected chi connectivity index (χ2v) is 3.65. The van der Waals surface area contributed by atoms with E-state index in [0.717, 1.165) is 16.2 Å². The van der Waals surface area contributed by atoms with Gasteiger partial charge in [-0.2, -0.15) is 0 Å². The minimum Gasteiger partial charge on any atom is -0.466 e. The van der Waals surface area contributed by atoms with Crippen molar-refractivity contribution in [2.24, 2.45) is 0 Å². The SMILES string of the molecule is CCOC(OCC)=C(C)[SiH3]. The molecule has 0 aromatic rings. The van der Waals surface area contributed by atoms with E-state index in [9.17, 15) is 0 Å². The number of hydrogen-bond acceptors (Lipinski definition) is 2. The predicted octanol–water partition coefficient (Wildman–Crippen LogP) is 0.614. The molecule has 0 aliphatic heterocycles. The molecule has 0 unspecified atom stereocenters.